The summed E-state index contributed by atoms with van der Waals surface area (Å²) in [7, 11) is 2.11. The molecule has 0 amide bonds. The monoisotopic (exact) mass is 283 g/mol. The summed E-state index contributed by atoms with van der Waals surface area (Å²) in [6.07, 6.45) is 0. The number of aliphatic hydroxyl groups is 1. The Morgan fingerprint density at radius 3 is 2.19 bits per heavy atom. The average molecular weight is 283 g/mol. The normalized spacial score (nSPS) is 14.1. The second-order valence-electron chi connectivity index (χ2n) is 6.24. The van der Waals surface area contributed by atoms with E-state index in [0.29, 0.717) is 0 Å². The molecule has 1 atom stereocenters. The van der Waals surface area contributed by atoms with Crippen LogP contribution in [0.15, 0.2) is 54.6 Å². The number of aliphatic hydroxyl groups excluding tert-OH is 1. The molecule has 0 aliphatic carbocycles. The van der Waals surface area contributed by atoms with Gasteiger partial charge in [-0.05, 0) is 25.1 Å². The van der Waals surface area contributed by atoms with Gasteiger partial charge in [0.15, 0.2) is 0 Å². The van der Waals surface area contributed by atoms with Gasteiger partial charge in [0.2, 0.25) is 0 Å². The number of likely N-dealkylation sites (N-methyl/N-ethyl adjacent to an activating group) is 1. The van der Waals surface area contributed by atoms with Crippen LogP contribution >= 0.6 is 0 Å². The Kier molecular flexibility index (Phi) is 5.16. The molecule has 2 aromatic rings. The Hall–Kier alpha value is -1.64. The van der Waals surface area contributed by atoms with Crippen LogP contribution in [0, 0.1) is 6.92 Å². The quantitative estimate of drug-likeness (QED) is 0.878. The Balaban J connectivity index is 2.06. The van der Waals surface area contributed by atoms with Crippen molar-refractivity contribution in [2.45, 2.75) is 25.8 Å². The summed E-state index contributed by atoms with van der Waals surface area (Å²) in [4.78, 5) is 2.27. The molecule has 1 unspecified atom stereocenters. The van der Waals surface area contributed by atoms with E-state index in [4.69, 9.17) is 0 Å². The van der Waals surface area contributed by atoms with E-state index in [0.717, 1.165) is 13.1 Å². The van der Waals surface area contributed by atoms with Crippen molar-refractivity contribution < 1.29 is 5.11 Å². The fourth-order valence-corrected chi connectivity index (χ4v) is 2.73. The summed E-state index contributed by atoms with van der Waals surface area (Å²) in [6, 6.07) is 18.9. The van der Waals surface area contributed by atoms with Crippen molar-refractivity contribution in [3.05, 3.63) is 71.3 Å². The minimum absolute atomic E-state index is 0.148. The molecule has 0 saturated carbocycles. The summed E-state index contributed by atoms with van der Waals surface area (Å²) in [5.41, 5.74) is 3.53. The topological polar surface area (TPSA) is 23.5 Å². The van der Waals surface area contributed by atoms with Crippen LogP contribution < -0.4 is 0 Å². The molecule has 0 fully saturated rings. The van der Waals surface area contributed by atoms with Crippen molar-refractivity contribution in [2.24, 2.45) is 0 Å². The molecule has 1 N–H and O–H groups in total. The Labute approximate surface area is 128 Å². The van der Waals surface area contributed by atoms with Gasteiger partial charge in [0.1, 0.15) is 0 Å². The molecule has 2 heteroatoms. The van der Waals surface area contributed by atoms with Crippen molar-refractivity contribution in [3.8, 4) is 0 Å². The Bertz CT molecular complexity index is 550. The van der Waals surface area contributed by atoms with Crippen molar-refractivity contribution in [1.82, 2.24) is 4.90 Å². The van der Waals surface area contributed by atoms with E-state index in [1.54, 1.807) is 0 Å². The van der Waals surface area contributed by atoms with Crippen LogP contribution in [0.2, 0.25) is 0 Å². The number of rotatable bonds is 6. The lowest BCUT2D eigenvalue weighted by Crippen LogP contribution is -2.39. The summed E-state index contributed by atoms with van der Waals surface area (Å²) in [6.45, 7) is 6.08. The smallest absolute Gasteiger partial charge is 0.0537 e. The van der Waals surface area contributed by atoms with Crippen LogP contribution in [0.4, 0.5) is 0 Å². The Morgan fingerprint density at radius 2 is 1.62 bits per heavy atom. The van der Waals surface area contributed by atoms with E-state index >= 15 is 0 Å². The molecule has 0 saturated heterocycles. The summed E-state index contributed by atoms with van der Waals surface area (Å²) in [5.74, 6) is 0. The van der Waals surface area contributed by atoms with Crippen LogP contribution in [0.1, 0.15) is 23.6 Å². The van der Waals surface area contributed by atoms with Crippen molar-refractivity contribution in [2.75, 3.05) is 20.2 Å². The molecule has 0 heterocycles. The van der Waals surface area contributed by atoms with E-state index in [-0.39, 0.29) is 12.0 Å². The number of nitrogens with zero attached hydrogens (tertiary/aromatic N) is 1. The molecule has 0 spiro atoms. The van der Waals surface area contributed by atoms with Gasteiger partial charge in [-0.2, -0.15) is 0 Å². The van der Waals surface area contributed by atoms with E-state index < -0.39 is 0 Å². The maximum absolute atomic E-state index is 9.86. The fraction of sp³-hybridized carbons (Fsp3) is 0.368. The van der Waals surface area contributed by atoms with Gasteiger partial charge in [-0.25, -0.2) is 0 Å². The third-order valence-electron chi connectivity index (χ3n) is 4.01. The van der Waals surface area contributed by atoms with Crippen LogP contribution in [-0.2, 0) is 12.0 Å². The maximum Gasteiger partial charge on any atom is 0.0537 e. The molecule has 0 aliphatic heterocycles. The zero-order valence-corrected chi connectivity index (χ0v) is 13.2. The molecule has 0 bridgehead atoms. The van der Waals surface area contributed by atoms with E-state index in [1.807, 2.05) is 18.2 Å². The highest BCUT2D eigenvalue weighted by Crippen LogP contribution is 2.24. The highest BCUT2D eigenvalue weighted by Gasteiger charge is 2.27. The zero-order chi connectivity index (χ0) is 15.3. The first-order valence-corrected chi connectivity index (χ1v) is 7.44. The molecule has 2 nitrogen and oxygen atoms in total. The number of hydrogen-bond acceptors (Lipinski definition) is 2. The largest absolute Gasteiger partial charge is 0.395 e. The molecule has 0 aliphatic rings. The third kappa shape index (κ3) is 4.16. The number of aryl methyl sites for hydroxylation is 1. The van der Waals surface area contributed by atoms with Gasteiger partial charge in [-0.1, -0.05) is 67.1 Å². The molecule has 112 valence electrons. The third-order valence-corrected chi connectivity index (χ3v) is 4.01. The molecule has 0 radical (unpaired) electrons. The summed E-state index contributed by atoms with van der Waals surface area (Å²) >= 11 is 0. The average Bonchev–Trinajstić information content (AvgIpc) is 2.50. The van der Waals surface area contributed by atoms with Gasteiger partial charge < -0.3 is 10.0 Å². The van der Waals surface area contributed by atoms with Gasteiger partial charge in [-0.15, -0.1) is 0 Å². The van der Waals surface area contributed by atoms with Crippen LogP contribution in [0.3, 0.4) is 0 Å². The number of hydrogen-bond donors (Lipinski definition) is 1. The van der Waals surface area contributed by atoms with Crippen LogP contribution in [0.5, 0.6) is 0 Å². The van der Waals surface area contributed by atoms with Crippen LogP contribution in [-0.4, -0.2) is 30.2 Å². The minimum atomic E-state index is -0.235. The molecule has 2 aromatic carbocycles. The lowest BCUT2D eigenvalue weighted by Gasteiger charge is -2.33. The van der Waals surface area contributed by atoms with Crippen LogP contribution in [0.25, 0.3) is 0 Å². The molecular weight excluding hydrogens is 258 g/mol. The first-order valence-electron chi connectivity index (χ1n) is 7.44. The molecular formula is C19H25NO. The van der Waals surface area contributed by atoms with E-state index in [9.17, 15) is 5.11 Å². The SMILES string of the molecule is Cc1ccc(CN(C)CC(C)(CO)c2ccccc2)cc1. The zero-order valence-electron chi connectivity index (χ0n) is 13.2. The lowest BCUT2D eigenvalue weighted by atomic mass is 9.83. The highest BCUT2D eigenvalue weighted by atomic mass is 16.3. The first kappa shape index (κ1) is 15.7. The van der Waals surface area contributed by atoms with Gasteiger partial charge in [0.05, 0.1) is 6.61 Å². The molecule has 0 aromatic heterocycles. The molecule has 2 rings (SSSR count). The number of benzene rings is 2. The predicted octanol–water partition coefficient (Wildman–Crippen LogP) is 3.38. The van der Waals surface area contributed by atoms with Gasteiger partial charge >= 0.3 is 0 Å². The molecule has 21 heavy (non-hydrogen) atoms. The predicted molar refractivity (Wildman–Crippen MR) is 88.4 cm³/mol. The summed E-state index contributed by atoms with van der Waals surface area (Å²) < 4.78 is 0. The van der Waals surface area contributed by atoms with E-state index in [1.165, 1.54) is 16.7 Å². The first-order chi connectivity index (χ1) is 10.0. The van der Waals surface area contributed by atoms with Gasteiger partial charge in [0.25, 0.3) is 0 Å². The van der Waals surface area contributed by atoms with E-state index in [2.05, 4.69) is 62.2 Å². The van der Waals surface area contributed by atoms with Crippen molar-refractivity contribution in [3.63, 3.8) is 0 Å². The highest BCUT2D eigenvalue weighted by molar-refractivity contribution is 5.25. The Morgan fingerprint density at radius 1 is 1.00 bits per heavy atom. The van der Waals surface area contributed by atoms with Gasteiger partial charge in [-0.3, -0.25) is 0 Å². The lowest BCUT2D eigenvalue weighted by molar-refractivity contribution is 0.156. The second kappa shape index (κ2) is 6.88. The fourth-order valence-electron chi connectivity index (χ4n) is 2.73. The second-order valence-corrected chi connectivity index (χ2v) is 6.24. The standard InChI is InChI=1S/C19H25NO/c1-16-9-11-17(12-10-16)13-20(3)14-19(2,15-21)18-7-5-4-6-8-18/h4-12,21H,13-15H2,1-3H3. The van der Waals surface area contributed by atoms with Gasteiger partial charge in [0, 0.05) is 18.5 Å². The maximum atomic E-state index is 9.86. The minimum Gasteiger partial charge on any atom is -0.395 e. The van der Waals surface area contributed by atoms with Crippen molar-refractivity contribution in [1.29, 1.82) is 0 Å². The van der Waals surface area contributed by atoms with Crippen molar-refractivity contribution >= 4 is 0 Å². The summed E-state index contributed by atoms with van der Waals surface area (Å²) in [5, 5.41) is 9.86.